The minimum Gasteiger partial charge on any atom is -0.352 e. The summed E-state index contributed by atoms with van der Waals surface area (Å²) >= 11 is 1.02. The van der Waals surface area contributed by atoms with Gasteiger partial charge in [0.2, 0.25) is 17.7 Å². The largest absolute Gasteiger partial charge is 0.416 e. The number of carbonyl (C=O) groups is 3. The topological polar surface area (TPSA) is 87.3 Å². The van der Waals surface area contributed by atoms with E-state index in [4.69, 9.17) is 0 Å². The molecular weight excluding hydrogens is 371 g/mol. The SMILES string of the molecule is CC(C)NC(=O)CNC(=O)CC1Sc2ccc(C(F)(F)F)cc2NC1=O. The number of hydrogen-bond donors (Lipinski definition) is 3. The lowest BCUT2D eigenvalue weighted by molar-refractivity contribution is -0.137. The normalized spacial score (nSPS) is 16.7. The number of benzene rings is 1. The summed E-state index contributed by atoms with van der Waals surface area (Å²) in [4.78, 5) is 35.9. The third-order valence-corrected chi connectivity index (χ3v) is 4.67. The van der Waals surface area contributed by atoms with Crippen LogP contribution in [0.15, 0.2) is 23.1 Å². The number of carbonyl (C=O) groups excluding carboxylic acids is 3. The number of amides is 3. The van der Waals surface area contributed by atoms with E-state index in [-0.39, 0.29) is 30.6 Å². The van der Waals surface area contributed by atoms with Crippen LogP contribution in [-0.2, 0) is 20.6 Å². The summed E-state index contributed by atoms with van der Waals surface area (Å²) < 4.78 is 38.2. The van der Waals surface area contributed by atoms with Gasteiger partial charge in [0.1, 0.15) is 0 Å². The Labute approximate surface area is 152 Å². The smallest absolute Gasteiger partial charge is 0.352 e. The second kappa shape index (κ2) is 7.98. The number of rotatable bonds is 5. The van der Waals surface area contributed by atoms with Crippen molar-refractivity contribution in [1.82, 2.24) is 10.6 Å². The first-order valence-electron chi connectivity index (χ1n) is 7.81. The quantitative estimate of drug-likeness (QED) is 0.720. The first-order valence-corrected chi connectivity index (χ1v) is 8.69. The molecule has 142 valence electrons. The van der Waals surface area contributed by atoms with E-state index < -0.39 is 28.8 Å². The van der Waals surface area contributed by atoms with Gasteiger partial charge in [-0.2, -0.15) is 13.2 Å². The van der Waals surface area contributed by atoms with Crippen LogP contribution < -0.4 is 16.0 Å². The van der Waals surface area contributed by atoms with Crippen LogP contribution >= 0.6 is 11.8 Å². The van der Waals surface area contributed by atoms with Gasteiger partial charge in [-0.3, -0.25) is 14.4 Å². The van der Waals surface area contributed by atoms with Crippen molar-refractivity contribution in [3.63, 3.8) is 0 Å². The minimum atomic E-state index is -4.50. The summed E-state index contributed by atoms with van der Waals surface area (Å²) in [5, 5.41) is 6.64. The van der Waals surface area contributed by atoms with Crippen molar-refractivity contribution in [3.8, 4) is 0 Å². The third kappa shape index (κ3) is 5.38. The molecule has 3 N–H and O–H groups in total. The lowest BCUT2D eigenvalue weighted by Gasteiger charge is -2.24. The predicted octanol–water partition coefficient (Wildman–Crippen LogP) is 2.15. The summed E-state index contributed by atoms with van der Waals surface area (Å²) in [6.45, 7) is 3.36. The van der Waals surface area contributed by atoms with E-state index in [1.165, 1.54) is 6.07 Å². The molecule has 2 rings (SSSR count). The van der Waals surface area contributed by atoms with Gasteiger partial charge in [0.05, 0.1) is 23.0 Å². The van der Waals surface area contributed by atoms with Gasteiger partial charge in [0, 0.05) is 17.4 Å². The van der Waals surface area contributed by atoms with Crippen molar-refractivity contribution in [1.29, 1.82) is 0 Å². The van der Waals surface area contributed by atoms with Gasteiger partial charge in [-0.1, -0.05) is 0 Å². The summed E-state index contributed by atoms with van der Waals surface area (Å²) in [6.07, 6.45) is -4.69. The molecule has 0 aromatic heterocycles. The molecule has 0 saturated heterocycles. The minimum absolute atomic E-state index is 0.0582. The Morgan fingerprint density at radius 3 is 2.58 bits per heavy atom. The average molecular weight is 389 g/mol. The first-order chi connectivity index (χ1) is 12.1. The van der Waals surface area contributed by atoms with Gasteiger partial charge in [-0.15, -0.1) is 11.8 Å². The maximum atomic E-state index is 12.7. The fraction of sp³-hybridized carbons (Fsp3) is 0.438. The molecule has 1 aliphatic heterocycles. The van der Waals surface area contributed by atoms with Gasteiger partial charge in [0.15, 0.2) is 0 Å². The van der Waals surface area contributed by atoms with Crippen molar-refractivity contribution in [3.05, 3.63) is 23.8 Å². The molecule has 26 heavy (non-hydrogen) atoms. The molecule has 1 atom stereocenters. The fourth-order valence-corrected chi connectivity index (χ4v) is 3.34. The second-order valence-electron chi connectivity index (χ2n) is 6.01. The average Bonchev–Trinajstić information content (AvgIpc) is 2.51. The molecule has 1 aromatic carbocycles. The van der Waals surface area contributed by atoms with Gasteiger partial charge in [-0.25, -0.2) is 0 Å². The van der Waals surface area contributed by atoms with Crippen LogP contribution in [-0.4, -0.2) is 35.6 Å². The second-order valence-corrected chi connectivity index (χ2v) is 7.25. The summed E-state index contributed by atoms with van der Waals surface area (Å²) in [5.41, 5.74) is -0.785. The van der Waals surface area contributed by atoms with E-state index in [1.807, 2.05) is 0 Å². The molecule has 1 heterocycles. The highest BCUT2D eigenvalue weighted by Crippen LogP contribution is 2.40. The molecular formula is C16H18F3N3O3S. The molecule has 0 fully saturated rings. The fourth-order valence-electron chi connectivity index (χ4n) is 2.25. The van der Waals surface area contributed by atoms with E-state index in [9.17, 15) is 27.6 Å². The Morgan fingerprint density at radius 2 is 1.96 bits per heavy atom. The zero-order chi connectivity index (χ0) is 19.5. The van der Waals surface area contributed by atoms with Crippen molar-refractivity contribution in [2.45, 2.75) is 42.6 Å². The van der Waals surface area contributed by atoms with Crippen LogP contribution in [0.1, 0.15) is 25.8 Å². The lowest BCUT2D eigenvalue weighted by Crippen LogP contribution is -2.41. The van der Waals surface area contributed by atoms with Crippen LogP contribution in [0.5, 0.6) is 0 Å². The number of halogens is 3. The number of nitrogens with one attached hydrogen (secondary N) is 3. The Morgan fingerprint density at radius 1 is 1.27 bits per heavy atom. The Kier molecular flexibility index (Phi) is 6.17. The summed E-state index contributed by atoms with van der Waals surface area (Å²) in [6, 6.07) is 3.00. The standard InChI is InChI=1S/C16H18F3N3O3S/c1-8(2)21-14(24)7-20-13(23)6-12-15(25)22-10-5-9(16(17,18)19)3-4-11(10)26-12/h3-5,8,12H,6-7H2,1-2H3,(H,20,23)(H,21,24)(H,22,25). The van der Waals surface area contributed by atoms with E-state index in [0.29, 0.717) is 4.90 Å². The van der Waals surface area contributed by atoms with Crippen LogP contribution in [0.2, 0.25) is 0 Å². The Balaban J connectivity index is 1.96. The molecule has 6 nitrogen and oxygen atoms in total. The maximum Gasteiger partial charge on any atom is 0.416 e. The van der Waals surface area contributed by atoms with Gasteiger partial charge >= 0.3 is 6.18 Å². The molecule has 1 aromatic rings. The molecule has 0 bridgehead atoms. The van der Waals surface area contributed by atoms with Crippen LogP contribution in [0.25, 0.3) is 0 Å². The van der Waals surface area contributed by atoms with Gasteiger partial charge < -0.3 is 16.0 Å². The predicted molar refractivity (Wildman–Crippen MR) is 90.6 cm³/mol. The highest BCUT2D eigenvalue weighted by atomic mass is 32.2. The summed E-state index contributed by atoms with van der Waals surface area (Å²) in [7, 11) is 0. The Bertz CT molecular complexity index is 722. The van der Waals surface area contributed by atoms with Crippen molar-refractivity contribution < 1.29 is 27.6 Å². The molecule has 1 unspecified atom stereocenters. The van der Waals surface area contributed by atoms with Crippen LogP contribution in [0.4, 0.5) is 18.9 Å². The van der Waals surface area contributed by atoms with E-state index >= 15 is 0 Å². The zero-order valence-corrected chi connectivity index (χ0v) is 14.9. The number of alkyl halides is 3. The zero-order valence-electron chi connectivity index (χ0n) is 14.1. The van der Waals surface area contributed by atoms with Gasteiger partial charge in [-0.05, 0) is 32.0 Å². The van der Waals surface area contributed by atoms with E-state index in [2.05, 4.69) is 16.0 Å². The maximum absolute atomic E-state index is 12.7. The van der Waals surface area contributed by atoms with Crippen LogP contribution in [0, 0.1) is 0 Å². The Hall–Kier alpha value is -2.23. The monoisotopic (exact) mass is 389 g/mol. The molecule has 0 saturated carbocycles. The van der Waals surface area contributed by atoms with Crippen molar-refractivity contribution in [2.75, 3.05) is 11.9 Å². The molecule has 0 aliphatic carbocycles. The molecule has 1 aliphatic rings. The van der Waals surface area contributed by atoms with Crippen molar-refractivity contribution >= 4 is 35.2 Å². The molecule has 10 heteroatoms. The van der Waals surface area contributed by atoms with Gasteiger partial charge in [0.25, 0.3) is 0 Å². The van der Waals surface area contributed by atoms with Crippen LogP contribution in [0.3, 0.4) is 0 Å². The number of fused-ring (bicyclic) bond motifs is 1. The molecule has 0 radical (unpaired) electrons. The number of hydrogen-bond acceptors (Lipinski definition) is 4. The molecule has 3 amide bonds. The number of anilines is 1. The highest BCUT2D eigenvalue weighted by Gasteiger charge is 2.34. The van der Waals surface area contributed by atoms with E-state index in [0.717, 1.165) is 23.9 Å². The van der Waals surface area contributed by atoms with Crippen molar-refractivity contribution in [2.24, 2.45) is 0 Å². The lowest BCUT2D eigenvalue weighted by atomic mass is 10.1. The first kappa shape index (κ1) is 20.1. The number of thioether (sulfide) groups is 1. The third-order valence-electron chi connectivity index (χ3n) is 3.39. The highest BCUT2D eigenvalue weighted by molar-refractivity contribution is 8.01. The van der Waals surface area contributed by atoms with E-state index in [1.54, 1.807) is 13.8 Å². The summed E-state index contributed by atoms with van der Waals surface area (Å²) in [5.74, 6) is -1.39. The molecule has 0 spiro atoms.